The molecule has 2 amide bonds. The quantitative estimate of drug-likeness (QED) is 0.217. The molecule has 0 aromatic heterocycles. The van der Waals surface area contributed by atoms with Crippen molar-refractivity contribution in [1.29, 1.82) is 0 Å². The number of ether oxygens (including phenoxy) is 1. The third-order valence-corrected chi connectivity index (χ3v) is 6.08. The number of carboxylic acids is 1. The molecular weight excluding hydrogens is 386 g/mol. The summed E-state index contributed by atoms with van der Waals surface area (Å²) in [6.45, 7) is 3.69. The minimum absolute atomic E-state index is 0.119. The molecule has 0 unspecified atom stereocenters. The Morgan fingerprint density at radius 2 is 2.11 bits per heavy atom. The number of amides is 2. The smallest absolute Gasteiger partial charge is 0.408 e. The van der Waals surface area contributed by atoms with Gasteiger partial charge in [0.1, 0.15) is 29.8 Å². The highest BCUT2D eigenvalue weighted by molar-refractivity contribution is 8.00. The molecule has 2 N–H and O–H groups in total. The molecule has 2 heterocycles. The molecule has 3 aliphatic rings. The fourth-order valence-electron chi connectivity index (χ4n) is 3.43. The van der Waals surface area contributed by atoms with Crippen molar-refractivity contribution in [2.75, 3.05) is 12.4 Å². The van der Waals surface area contributed by atoms with E-state index >= 15 is 0 Å². The number of nitrogens with one attached hydrogen (secondary N) is 1. The van der Waals surface area contributed by atoms with E-state index in [1.54, 1.807) is 0 Å². The van der Waals surface area contributed by atoms with Crippen molar-refractivity contribution in [3.8, 4) is 0 Å². The van der Waals surface area contributed by atoms with Gasteiger partial charge in [-0.3, -0.25) is 9.69 Å². The molecule has 0 radical (unpaired) electrons. The largest absolute Gasteiger partial charge is 0.477 e. The Labute approximate surface area is 166 Å². The summed E-state index contributed by atoms with van der Waals surface area (Å²) in [6.07, 6.45) is 6.92. The monoisotopic (exact) mass is 409 g/mol. The van der Waals surface area contributed by atoms with Crippen molar-refractivity contribution in [3.05, 3.63) is 23.9 Å². The Kier molecular flexibility index (Phi) is 6.61. The van der Waals surface area contributed by atoms with Gasteiger partial charge in [-0.1, -0.05) is 24.2 Å². The van der Waals surface area contributed by atoms with Crippen molar-refractivity contribution in [1.82, 2.24) is 10.2 Å². The third-order valence-electron chi connectivity index (χ3n) is 4.78. The topological polar surface area (TPSA) is 118 Å². The molecule has 1 aliphatic carbocycles. The van der Waals surface area contributed by atoms with Gasteiger partial charge in [0.05, 0.1) is 6.21 Å². The average molecular weight is 409 g/mol. The lowest BCUT2D eigenvalue weighted by Gasteiger charge is -2.48. The van der Waals surface area contributed by atoms with Crippen molar-refractivity contribution >= 4 is 35.9 Å². The number of carbonyl (C=O) groups excluding carboxylic acids is 2. The number of rotatable bonds is 7. The van der Waals surface area contributed by atoms with Crippen LogP contribution < -0.4 is 5.32 Å². The van der Waals surface area contributed by atoms with Gasteiger partial charge in [-0.15, -0.1) is 11.8 Å². The van der Waals surface area contributed by atoms with Gasteiger partial charge in [0.25, 0.3) is 5.91 Å². The van der Waals surface area contributed by atoms with Crippen LogP contribution in [0.3, 0.4) is 0 Å². The standard InChI is InChI=1S/C18H23N3O6S/c1-2-8-26-19-9-11-10-28-16-13(15(22)21(16)14(11)17(23)24)20-18(25)27-12-6-4-3-5-7-12/h2,9,12-13,16H,1,3-8,10H2,(H,20,25)(H,23,24)/t13-,16+/m1/s1. The second-order valence-electron chi connectivity index (χ2n) is 6.70. The number of aliphatic carboxylic acids is 1. The summed E-state index contributed by atoms with van der Waals surface area (Å²) < 4.78 is 5.39. The van der Waals surface area contributed by atoms with Crippen LogP contribution in [0.1, 0.15) is 32.1 Å². The van der Waals surface area contributed by atoms with E-state index in [4.69, 9.17) is 9.57 Å². The lowest BCUT2D eigenvalue weighted by atomic mass is 9.98. The van der Waals surface area contributed by atoms with Crippen LogP contribution in [0, 0.1) is 0 Å². The first kappa shape index (κ1) is 20.2. The number of hydrogen-bond donors (Lipinski definition) is 2. The average Bonchev–Trinajstić information content (AvgIpc) is 2.69. The highest BCUT2D eigenvalue weighted by Gasteiger charge is 2.54. The van der Waals surface area contributed by atoms with Gasteiger partial charge in [-0.25, -0.2) is 9.59 Å². The number of nitrogens with zero attached hydrogens (tertiary/aromatic N) is 2. The number of thioether (sulfide) groups is 1. The number of hydrogen-bond acceptors (Lipinski definition) is 7. The normalized spacial score (nSPS) is 25.1. The van der Waals surface area contributed by atoms with Gasteiger partial charge >= 0.3 is 12.1 Å². The lowest BCUT2D eigenvalue weighted by Crippen LogP contribution is -2.70. The van der Waals surface area contributed by atoms with Crippen LogP contribution in [0.4, 0.5) is 4.79 Å². The van der Waals surface area contributed by atoms with Gasteiger partial charge in [0.15, 0.2) is 0 Å². The fraction of sp³-hybridized carbons (Fsp3) is 0.556. The summed E-state index contributed by atoms with van der Waals surface area (Å²) in [5.41, 5.74) is 0.229. The maximum Gasteiger partial charge on any atom is 0.408 e. The summed E-state index contributed by atoms with van der Waals surface area (Å²) in [7, 11) is 0. The Bertz CT molecular complexity index is 716. The minimum atomic E-state index is -1.23. The first-order chi connectivity index (χ1) is 13.5. The molecule has 10 heteroatoms. The molecule has 28 heavy (non-hydrogen) atoms. The van der Waals surface area contributed by atoms with Crippen LogP contribution in [-0.4, -0.2) is 64.1 Å². The Morgan fingerprint density at radius 3 is 2.79 bits per heavy atom. The maximum atomic E-state index is 12.5. The second-order valence-corrected chi connectivity index (χ2v) is 7.80. The van der Waals surface area contributed by atoms with E-state index in [9.17, 15) is 19.5 Å². The number of carboxylic acid groups (broad SMARTS) is 1. The molecule has 2 fully saturated rings. The van der Waals surface area contributed by atoms with Crippen LogP contribution in [0.25, 0.3) is 0 Å². The van der Waals surface area contributed by atoms with Gasteiger partial charge in [-0.2, -0.15) is 0 Å². The Morgan fingerprint density at radius 1 is 1.36 bits per heavy atom. The third kappa shape index (κ3) is 4.32. The van der Waals surface area contributed by atoms with E-state index in [1.165, 1.54) is 29.0 Å². The molecule has 2 atom stereocenters. The number of β-lactam (4-membered cyclic amide) rings is 1. The van der Waals surface area contributed by atoms with E-state index in [0.29, 0.717) is 11.3 Å². The van der Waals surface area contributed by atoms with Crippen LogP contribution in [0.15, 0.2) is 29.1 Å². The van der Waals surface area contributed by atoms with Crippen LogP contribution in [0.2, 0.25) is 0 Å². The van der Waals surface area contributed by atoms with E-state index in [1.807, 2.05) is 0 Å². The number of carbonyl (C=O) groups is 3. The van der Waals surface area contributed by atoms with Crippen molar-refractivity contribution in [2.45, 2.75) is 49.6 Å². The summed E-state index contributed by atoms with van der Waals surface area (Å²) in [6, 6.07) is -0.800. The second kappa shape index (κ2) is 9.13. The predicted octanol–water partition coefficient (Wildman–Crippen LogP) is 1.86. The Balaban J connectivity index is 1.63. The zero-order valence-electron chi connectivity index (χ0n) is 15.3. The molecule has 3 rings (SSSR count). The summed E-state index contributed by atoms with van der Waals surface area (Å²) in [5.74, 6) is -1.38. The van der Waals surface area contributed by atoms with Crippen LogP contribution in [0.5, 0.6) is 0 Å². The molecule has 0 bridgehead atoms. The molecular formula is C18H23N3O6S. The van der Waals surface area contributed by atoms with E-state index in [-0.39, 0.29) is 18.4 Å². The van der Waals surface area contributed by atoms with E-state index in [2.05, 4.69) is 17.1 Å². The van der Waals surface area contributed by atoms with E-state index in [0.717, 1.165) is 32.1 Å². The molecule has 0 aromatic carbocycles. The van der Waals surface area contributed by atoms with Gasteiger partial charge in [0.2, 0.25) is 0 Å². The van der Waals surface area contributed by atoms with Crippen LogP contribution >= 0.6 is 11.8 Å². The highest BCUT2D eigenvalue weighted by Crippen LogP contribution is 2.40. The fourth-order valence-corrected chi connectivity index (χ4v) is 4.73. The molecule has 152 valence electrons. The van der Waals surface area contributed by atoms with Gasteiger partial charge in [0, 0.05) is 11.3 Å². The lowest BCUT2D eigenvalue weighted by molar-refractivity contribution is -0.149. The zero-order chi connectivity index (χ0) is 20.1. The molecule has 1 saturated heterocycles. The minimum Gasteiger partial charge on any atom is -0.477 e. The maximum absolute atomic E-state index is 12.5. The number of fused-ring (bicyclic) bond motifs is 1. The number of oxime groups is 1. The summed E-state index contributed by atoms with van der Waals surface area (Å²) in [5, 5.41) is 15.4. The summed E-state index contributed by atoms with van der Waals surface area (Å²) in [4.78, 5) is 42.4. The first-order valence-electron chi connectivity index (χ1n) is 9.17. The van der Waals surface area contributed by atoms with Crippen molar-refractivity contribution in [3.63, 3.8) is 0 Å². The van der Waals surface area contributed by atoms with Gasteiger partial charge in [-0.05, 0) is 25.7 Å². The van der Waals surface area contributed by atoms with Crippen molar-refractivity contribution < 1.29 is 29.1 Å². The molecule has 0 spiro atoms. The Hall–Kier alpha value is -2.49. The number of alkyl carbamates (subject to hydrolysis) is 1. The molecule has 9 nitrogen and oxygen atoms in total. The van der Waals surface area contributed by atoms with Gasteiger partial charge < -0.3 is 20.0 Å². The molecule has 2 aliphatic heterocycles. The SMILES string of the molecule is C=CCON=CC1=C(C(=O)O)N2C(=O)[C@@H](NC(=O)OC3CCCCC3)[C@@H]2SC1. The van der Waals surface area contributed by atoms with E-state index < -0.39 is 29.4 Å². The zero-order valence-corrected chi connectivity index (χ0v) is 16.2. The van der Waals surface area contributed by atoms with Crippen LogP contribution in [-0.2, 0) is 19.2 Å². The molecule has 1 saturated carbocycles. The predicted molar refractivity (Wildman–Crippen MR) is 103 cm³/mol. The summed E-state index contributed by atoms with van der Waals surface area (Å²) >= 11 is 1.35. The van der Waals surface area contributed by atoms with Crippen molar-refractivity contribution in [2.24, 2.45) is 5.16 Å². The molecule has 0 aromatic rings. The highest BCUT2D eigenvalue weighted by atomic mass is 32.2. The first-order valence-corrected chi connectivity index (χ1v) is 10.2.